The minimum atomic E-state index is -0.352. The van der Waals surface area contributed by atoms with E-state index in [-0.39, 0.29) is 24.6 Å². The van der Waals surface area contributed by atoms with E-state index in [9.17, 15) is 4.79 Å². The van der Waals surface area contributed by atoms with Crippen molar-refractivity contribution in [1.82, 2.24) is 0 Å². The maximum absolute atomic E-state index is 11.1. The highest BCUT2D eigenvalue weighted by atomic mass is 16.6. The van der Waals surface area contributed by atoms with Gasteiger partial charge in [0.15, 0.2) is 0 Å². The molecule has 0 aromatic rings. The smallest absolute Gasteiger partial charge is 0.309 e. The van der Waals surface area contributed by atoms with Crippen LogP contribution in [0.15, 0.2) is 0 Å². The number of hydrogen-bond donors (Lipinski definition) is 1. The van der Waals surface area contributed by atoms with E-state index in [1.807, 2.05) is 6.92 Å². The fourth-order valence-electron chi connectivity index (χ4n) is 0.973. The summed E-state index contributed by atoms with van der Waals surface area (Å²) < 4.78 is 4.90. The van der Waals surface area contributed by atoms with Crippen LogP contribution in [0.3, 0.4) is 0 Å². The lowest BCUT2D eigenvalue weighted by atomic mass is 10.3. The van der Waals surface area contributed by atoms with Crippen molar-refractivity contribution in [1.29, 1.82) is 0 Å². The number of carbonyl (C=O) groups is 1. The number of aliphatic hydroxyl groups is 1. The van der Waals surface area contributed by atoms with Crippen molar-refractivity contribution >= 4 is 5.97 Å². The quantitative estimate of drug-likeness (QED) is 0.611. The van der Waals surface area contributed by atoms with Gasteiger partial charge < -0.3 is 9.84 Å². The van der Waals surface area contributed by atoms with Crippen molar-refractivity contribution in [2.24, 2.45) is 11.8 Å². The van der Waals surface area contributed by atoms with E-state index in [1.165, 1.54) is 0 Å². The molecule has 1 aliphatic rings. The lowest BCUT2D eigenvalue weighted by Gasteiger charge is -2.08. The summed E-state index contributed by atoms with van der Waals surface area (Å²) in [4.78, 5) is 11.1. The van der Waals surface area contributed by atoms with Crippen molar-refractivity contribution in [3.05, 3.63) is 0 Å². The zero-order valence-electron chi connectivity index (χ0n) is 6.91. The minimum Gasteiger partial charge on any atom is -0.460 e. The van der Waals surface area contributed by atoms with Crippen LogP contribution in [0.25, 0.3) is 0 Å². The standard InChI is InChI=1S/C8H14O3/c1-5-3-7(5)8(10)11-6(2)4-9/h5-7,9H,3-4H2,1-2H3. The molecule has 3 atom stereocenters. The summed E-state index contributed by atoms with van der Waals surface area (Å²) in [6.45, 7) is 3.62. The minimum absolute atomic E-state index is 0.0904. The van der Waals surface area contributed by atoms with Gasteiger partial charge in [0, 0.05) is 0 Å². The van der Waals surface area contributed by atoms with Crippen molar-refractivity contribution in [3.63, 3.8) is 0 Å². The molecule has 0 saturated heterocycles. The summed E-state index contributed by atoms with van der Waals surface area (Å²) in [5.41, 5.74) is 0. The average molecular weight is 158 g/mol. The first kappa shape index (κ1) is 8.53. The van der Waals surface area contributed by atoms with Gasteiger partial charge in [-0.25, -0.2) is 0 Å². The van der Waals surface area contributed by atoms with E-state index in [0.29, 0.717) is 5.92 Å². The van der Waals surface area contributed by atoms with Crippen LogP contribution in [0.5, 0.6) is 0 Å². The maximum Gasteiger partial charge on any atom is 0.309 e. The first-order valence-electron chi connectivity index (χ1n) is 3.96. The van der Waals surface area contributed by atoms with Crippen LogP contribution < -0.4 is 0 Å². The Morgan fingerprint density at radius 1 is 1.82 bits per heavy atom. The van der Waals surface area contributed by atoms with Gasteiger partial charge in [-0.1, -0.05) is 6.92 Å². The Hall–Kier alpha value is -0.570. The van der Waals surface area contributed by atoms with E-state index < -0.39 is 0 Å². The van der Waals surface area contributed by atoms with Gasteiger partial charge in [0.05, 0.1) is 12.5 Å². The predicted octanol–water partition coefficient (Wildman–Crippen LogP) is 0.566. The zero-order chi connectivity index (χ0) is 8.43. The molecular formula is C8H14O3. The van der Waals surface area contributed by atoms with Crippen LogP contribution in [0, 0.1) is 11.8 Å². The van der Waals surface area contributed by atoms with Crippen LogP contribution in [0.4, 0.5) is 0 Å². The van der Waals surface area contributed by atoms with Gasteiger partial charge in [0.25, 0.3) is 0 Å². The molecule has 0 aliphatic heterocycles. The predicted molar refractivity (Wildman–Crippen MR) is 39.9 cm³/mol. The maximum atomic E-state index is 11.1. The number of hydrogen-bond acceptors (Lipinski definition) is 3. The normalized spacial score (nSPS) is 31.2. The average Bonchev–Trinajstić information content (AvgIpc) is 2.66. The van der Waals surface area contributed by atoms with Gasteiger partial charge in [0.2, 0.25) is 0 Å². The highest BCUT2D eigenvalue weighted by Crippen LogP contribution is 2.38. The van der Waals surface area contributed by atoms with Crippen molar-refractivity contribution < 1.29 is 14.6 Å². The lowest BCUT2D eigenvalue weighted by Crippen LogP contribution is -2.19. The Kier molecular flexibility index (Phi) is 2.49. The Labute approximate surface area is 66.4 Å². The summed E-state index contributed by atoms with van der Waals surface area (Å²) in [5.74, 6) is 0.427. The fraction of sp³-hybridized carbons (Fsp3) is 0.875. The van der Waals surface area contributed by atoms with E-state index in [2.05, 4.69) is 0 Å². The lowest BCUT2D eigenvalue weighted by molar-refractivity contribution is -0.151. The molecule has 3 heteroatoms. The largest absolute Gasteiger partial charge is 0.460 e. The topological polar surface area (TPSA) is 46.5 Å². The number of carbonyl (C=O) groups excluding carboxylic acids is 1. The molecule has 0 aromatic heterocycles. The van der Waals surface area contributed by atoms with Crippen LogP contribution in [-0.2, 0) is 9.53 Å². The summed E-state index contributed by atoms with van der Waals surface area (Å²) in [5, 5.41) is 8.57. The number of rotatable bonds is 3. The van der Waals surface area contributed by atoms with Crippen molar-refractivity contribution in [2.75, 3.05) is 6.61 Å². The van der Waals surface area contributed by atoms with E-state index in [0.717, 1.165) is 6.42 Å². The number of esters is 1. The summed E-state index contributed by atoms with van der Waals surface area (Å²) >= 11 is 0. The molecule has 0 amide bonds. The Bertz CT molecular complexity index is 155. The monoisotopic (exact) mass is 158 g/mol. The van der Waals surface area contributed by atoms with Gasteiger partial charge in [0.1, 0.15) is 6.10 Å². The molecule has 0 bridgehead atoms. The Morgan fingerprint density at radius 3 is 2.73 bits per heavy atom. The van der Waals surface area contributed by atoms with Gasteiger partial charge in [-0.05, 0) is 19.3 Å². The molecule has 0 heterocycles. The van der Waals surface area contributed by atoms with Crippen LogP contribution in [0.2, 0.25) is 0 Å². The first-order valence-corrected chi connectivity index (χ1v) is 3.96. The zero-order valence-corrected chi connectivity index (χ0v) is 6.91. The third-order valence-electron chi connectivity index (χ3n) is 1.99. The Morgan fingerprint density at radius 2 is 2.36 bits per heavy atom. The van der Waals surface area contributed by atoms with Gasteiger partial charge in [-0.3, -0.25) is 4.79 Å². The molecule has 11 heavy (non-hydrogen) atoms. The molecule has 1 aliphatic carbocycles. The molecular weight excluding hydrogens is 144 g/mol. The number of aliphatic hydroxyl groups excluding tert-OH is 1. The molecule has 1 N–H and O–H groups in total. The summed E-state index contributed by atoms with van der Waals surface area (Å²) in [6, 6.07) is 0. The molecule has 1 rings (SSSR count). The van der Waals surface area contributed by atoms with Gasteiger partial charge in [-0.2, -0.15) is 0 Å². The van der Waals surface area contributed by atoms with E-state index in [1.54, 1.807) is 6.92 Å². The Balaban J connectivity index is 2.21. The summed E-state index contributed by atoms with van der Waals surface area (Å²) in [6.07, 6.45) is 0.590. The first-order chi connectivity index (χ1) is 5.15. The summed E-state index contributed by atoms with van der Waals surface area (Å²) in [7, 11) is 0. The molecule has 0 aromatic carbocycles. The highest BCUT2D eigenvalue weighted by molar-refractivity contribution is 5.75. The third kappa shape index (κ3) is 2.19. The third-order valence-corrected chi connectivity index (χ3v) is 1.99. The molecule has 1 saturated carbocycles. The molecule has 0 spiro atoms. The van der Waals surface area contributed by atoms with Crippen LogP contribution in [0.1, 0.15) is 20.3 Å². The molecule has 0 radical (unpaired) electrons. The second-order valence-corrected chi connectivity index (χ2v) is 3.25. The fourth-order valence-corrected chi connectivity index (χ4v) is 0.973. The molecule has 1 fully saturated rings. The molecule has 64 valence electrons. The van der Waals surface area contributed by atoms with Gasteiger partial charge >= 0.3 is 5.97 Å². The van der Waals surface area contributed by atoms with Crippen LogP contribution >= 0.6 is 0 Å². The van der Waals surface area contributed by atoms with Crippen LogP contribution in [-0.4, -0.2) is 23.8 Å². The number of ether oxygens (including phenoxy) is 1. The highest BCUT2D eigenvalue weighted by Gasteiger charge is 2.40. The SMILES string of the molecule is CC(CO)OC(=O)C1CC1C. The van der Waals surface area contributed by atoms with Gasteiger partial charge in [-0.15, -0.1) is 0 Å². The second kappa shape index (κ2) is 3.22. The van der Waals surface area contributed by atoms with Crippen molar-refractivity contribution in [3.8, 4) is 0 Å². The van der Waals surface area contributed by atoms with E-state index in [4.69, 9.17) is 9.84 Å². The van der Waals surface area contributed by atoms with E-state index >= 15 is 0 Å². The second-order valence-electron chi connectivity index (χ2n) is 3.25. The molecule has 3 unspecified atom stereocenters. The molecule has 3 nitrogen and oxygen atoms in total. The van der Waals surface area contributed by atoms with Crippen molar-refractivity contribution in [2.45, 2.75) is 26.4 Å².